The van der Waals surface area contributed by atoms with E-state index in [9.17, 15) is 4.79 Å². The van der Waals surface area contributed by atoms with E-state index < -0.39 is 0 Å². The highest BCUT2D eigenvalue weighted by molar-refractivity contribution is 6.42. The molecule has 3 aromatic rings. The minimum Gasteiger partial charge on any atom is -0.490 e. The first kappa shape index (κ1) is 28.3. The molecule has 0 saturated carbocycles. The van der Waals surface area contributed by atoms with Crippen LogP contribution in [0, 0.1) is 0 Å². The lowest BCUT2D eigenvalue weighted by atomic mass is 9.99. The largest absolute Gasteiger partial charge is 0.490 e. The zero-order valence-electron chi connectivity index (χ0n) is 22.7. The topological polar surface area (TPSA) is 36.0 Å². The normalized spacial score (nSPS) is 14.5. The maximum atomic E-state index is 13.5. The van der Waals surface area contributed by atoms with Crippen LogP contribution in [-0.4, -0.2) is 62.1 Å². The number of rotatable bonds is 10. The minimum absolute atomic E-state index is 0.0440. The Hall–Kier alpha value is -2.73. The fourth-order valence-corrected chi connectivity index (χ4v) is 5.20. The lowest BCUT2D eigenvalue weighted by Gasteiger charge is -2.33. The molecule has 5 nitrogen and oxygen atoms in total. The molecule has 1 aliphatic heterocycles. The number of carbonyl (C=O) groups excluding carboxylic acids is 1. The van der Waals surface area contributed by atoms with Crippen molar-refractivity contribution in [3.05, 3.63) is 82.3 Å². The average Bonchev–Trinajstić information content (AvgIpc) is 3.42. The second-order valence-corrected chi connectivity index (χ2v) is 11.1. The number of ether oxygens (including phenoxy) is 1. The number of para-hydroxylation sites is 1. The first-order valence-electron chi connectivity index (χ1n) is 13.2. The number of nitrogens with zero attached hydrogens (tertiary/aromatic N) is 3. The highest BCUT2D eigenvalue weighted by Gasteiger charge is 2.26. The number of carbonyl (C=O) groups is 1. The van der Waals surface area contributed by atoms with Gasteiger partial charge in [-0.25, -0.2) is 0 Å². The van der Waals surface area contributed by atoms with E-state index in [1.807, 2.05) is 62.0 Å². The quantitative estimate of drug-likeness (QED) is 0.266. The minimum atomic E-state index is -0.0565. The molecule has 4 rings (SSSR count). The molecule has 0 radical (unpaired) electrons. The van der Waals surface area contributed by atoms with Crippen LogP contribution >= 0.6 is 23.2 Å². The SMILES string of the molecule is CC(C)Oc1ccccc1-c1ccc(C(CN2CCCC2)N(C)C(=O)CN(C)c2ccc(Cl)c(Cl)c2)cc1. The Morgan fingerprint density at radius 1 is 0.947 bits per heavy atom. The first-order valence-corrected chi connectivity index (χ1v) is 14.0. The predicted octanol–water partition coefficient (Wildman–Crippen LogP) is 7.18. The Balaban J connectivity index is 1.55. The molecule has 1 unspecified atom stereocenters. The standard InChI is InChI=1S/C31H37Cl2N3O2/c1-22(2)38-30-10-6-5-9-26(30)23-11-13-24(14-12-23)29(20-36-17-7-8-18-36)35(4)31(37)21-34(3)25-15-16-27(32)28(33)19-25/h5-6,9-16,19,22,29H,7-8,17-18,20-21H2,1-4H3. The molecule has 0 N–H and O–H groups in total. The van der Waals surface area contributed by atoms with Crippen LogP contribution in [0.1, 0.15) is 38.3 Å². The van der Waals surface area contributed by atoms with Gasteiger partial charge in [-0.3, -0.25) is 4.79 Å². The van der Waals surface area contributed by atoms with E-state index in [2.05, 4.69) is 35.2 Å². The molecular weight excluding hydrogens is 517 g/mol. The van der Waals surface area contributed by atoms with Gasteiger partial charge in [-0.2, -0.15) is 0 Å². The number of amides is 1. The maximum absolute atomic E-state index is 13.5. The molecule has 3 aromatic carbocycles. The summed E-state index contributed by atoms with van der Waals surface area (Å²) in [6, 6.07) is 22.1. The van der Waals surface area contributed by atoms with Gasteiger partial charge in [0.1, 0.15) is 5.75 Å². The van der Waals surface area contributed by atoms with Gasteiger partial charge in [0.2, 0.25) is 5.91 Å². The van der Waals surface area contributed by atoms with Gasteiger partial charge in [0.15, 0.2) is 0 Å². The van der Waals surface area contributed by atoms with Crippen LogP contribution in [0.25, 0.3) is 11.1 Å². The van der Waals surface area contributed by atoms with Crippen molar-refractivity contribution in [1.29, 1.82) is 0 Å². The van der Waals surface area contributed by atoms with E-state index in [0.717, 1.165) is 47.8 Å². The second kappa shape index (κ2) is 12.9. The van der Waals surface area contributed by atoms with Gasteiger partial charge >= 0.3 is 0 Å². The van der Waals surface area contributed by atoms with Crippen LogP contribution < -0.4 is 9.64 Å². The van der Waals surface area contributed by atoms with E-state index in [0.29, 0.717) is 10.0 Å². The van der Waals surface area contributed by atoms with E-state index in [-0.39, 0.29) is 24.6 Å². The molecule has 1 heterocycles. The predicted molar refractivity (Wildman–Crippen MR) is 159 cm³/mol. The summed E-state index contributed by atoms with van der Waals surface area (Å²) >= 11 is 12.3. The number of hydrogen-bond donors (Lipinski definition) is 0. The van der Waals surface area contributed by atoms with Gasteiger partial charge in [0.25, 0.3) is 0 Å². The molecule has 1 amide bonds. The Kier molecular flexibility index (Phi) is 9.59. The Bertz CT molecular complexity index is 1230. The molecule has 1 saturated heterocycles. The molecule has 1 atom stereocenters. The third kappa shape index (κ3) is 7.02. The number of anilines is 1. The van der Waals surface area contributed by atoms with E-state index in [1.54, 1.807) is 12.1 Å². The van der Waals surface area contributed by atoms with Crippen molar-refractivity contribution >= 4 is 34.8 Å². The smallest absolute Gasteiger partial charge is 0.242 e. The molecule has 0 aliphatic carbocycles. The Morgan fingerprint density at radius 3 is 2.29 bits per heavy atom. The van der Waals surface area contributed by atoms with E-state index in [4.69, 9.17) is 27.9 Å². The summed E-state index contributed by atoms with van der Waals surface area (Å²) in [6.07, 6.45) is 2.51. The fourth-order valence-electron chi connectivity index (χ4n) is 4.91. The van der Waals surface area contributed by atoms with E-state index >= 15 is 0 Å². The first-order chi connectivity index (χ1) is 18.2. The van der Waals surface area contributed by atoms with Crippen molar-refractivity contribution in [3.63, 3.8) is 0 Å². The second-order valence-electron chi connectivity index (χ2n) is 10.3. The molecule has 0 spiro atoms. The number of likely N-dealkylation sites (N-methyl/N-ethyl adjacent to an activating group) is 2. The molecule has 7 heteroatoms. The molecule has 202 valence electrons. The van der Waals surface area contributed by atoms with Gasteiger partial charge < -0.3 is 19.4 Å². The summed E-state index contributed by atoms with van der Waals surface area (Å²) in [5, 5.41) is 0.976. The molecule has 1 aliphatic rings. The van der Waals surface area contributed by atoms with Gasteiger partial charge in [-0.15, -0.1) is 0 Å². The number of hydrogen-bond acceptors (Lipinski definition) is 4. The molecule has 1 fully saturated rings. The van der Waals surface area contributed by atoms with Gasteiger partial charge in [0, 0.05) is 31.9 Å². The van der Waals surface area contributed by atoms with Crippen molar-refractivity contribution < 1.29 is 9.53 Å². The van der Waals surface area contributed by atoms with Gasteiger partial charge in [0.05, 0.1) is 28.7 Å². The summed E-state index contributed by atoms with van der Waals surface area (Å²) in [7, 11) is 3.80. The van der Waals surface area contributed by atoms with Crippen LogP contribution in [0.4, 0.5) is 5.69 Å². The zero-order valence-corrected chi connectivity index (χ0v) is 24.2. The zero-order chi connectivity index (χ0) is 27.2. The van der Waals surface area contributed by atoms with Crippen LogP contribution in [0.15, 0.2) is 66.7 Å². The number of likely N-dealkylation sites (tertiary alicyclic amines) is 1. The van der Waals surface area contributed by atoms with Crippen LogP contribution in [-0.2, 0) is 4.79 Å². The Labute approximate surface area is 236 Å². The van der Waals surface area contributed by atoms with Crippen molar-refractivity contribution in [3.8, 4) is 16.9 Å². The highest BCUT2D eigenvalue weighted by atomic mass is 35.5. The molecule has 0 aromatic heterocycles. The summed E-state index contributed by atoms with van der Waals surface area (Å²) in [5.74, 6) is 0.920. The maximum Gasteiger partial charge on any atom is 0.242 e. The fraction of sp³-hybridized carbons (Fsp3) is 0.387. The highest BCUT2D eigenvalue weighted by Crippen LogP contribution is 2.33. The third-order valence-corrected chi connectivity index (χ3v) is 7.80. The van der Waals surface area contributed by atoms with Crippen molar-refractivity contribution in [2.45, 2.75) is 38.8 Å². The van der Waals surface area contributed by atoms with Crippen molar-refractivity contribution in [2.75, 3.05) is 45.2 Å². The molecular formula is C31H37Cl2N3O2. The van der Waals surface area contributed by atoms with Gasteiger partial charge in [-0.05, 0) is 75.2 Å². The summed E-state index contributed by atoms with van der Waals surface area (Å²) in [5.41, 5.74) is 4.13. The third-order valence-electron chi connectivity index (χ3n) is 7.06. The Morgan fingerprint density at radius 2 is 1.63 bits per heavy atom. The summed E-state index contributed by atoms with van der Waals surface area (Å²) < 4.78 is 6.04. The van der Waals surface area contributed by atoms with Crippen molar-refractivity contribution in [2.24, 2.45) is 0 Å². The number of benzene rings is 3. The van der Waals surface area contributed by atoms with Crippen LogP contribution in [0.2, 0.25) is 10.0 Å². The lowest BCUT2D eigenvalue weighted by Crippen LogP contribution is -2.42. The van der Waals surface area contributed by atoms with Crippen molar-refractivity contribution in [1.82, 2.24) is 9.80 Å². The number of halogens is 2. The summed E-state index contributed by atoms with van der Waals surface area (Å²) in [4.78, 5) is 19.7. The summed E-state index contributed by atoms with van der Waals surface area (Å²) in [6.45, 7) is 7.26. The van der Waals surface area contributed by atoms with Crippen LogP contribution in [0.3, 0.4) is 0 Å². The lowest BCUT2D eigenvalue weighted by molar-refractivity contribution is -0.131. The molecule has 38 heavy (non-hydrogen) atoms. The van der Waals surface area contributed by atoms with Gasteiger partial charge in [-0.1, -0.05) is 65.7 Å². The monoisotopic (exact) mass is 553 g/mol. The van der Waals surface area contributed by atoms with E-state index in [1.165, 1.54) is 12.8 Å². The molecule has 0 bridgehead atoms. The van der Waals surface area contributed by atoms with Crippen LogP contribution in [0.5, 0.6) is 5.75 Å². The average molecular weight is 555 g/mol.